The summed E-state index contributed by atoms with van der Waals surface area (Å²) in [6.07, 6.45) is 9.17. The molecule has 0 aromatic carbocycles. The van der Waals surface area contributed by atoms with Crippen LogP contribution in [-0.4, -0.2) is 0 Å². The Morgan fingerprint density at radius 3 is 2.00 bits per heavy atom. The van der Waals surface area contributed by atoms with Gasteiger partial charge in [-0.2, -0.15) is 0 Å². The average molecular weight is 150 g/mol. The van der Waals surface area contributed by atoms with Gasteiger partial charge in [0.2, 0.25) is 0 Å². The van der Waals surface area contributed by atoms with Crippen molar-refractivity contribution in [2.24, 2.45) is 11.3 Å². The number of hydrogen-bond acceptors (Lipinski definition) is 0. The largest absolute Gasteiger partial charge is 0.103 e. The predicted molar refractivity (Wildman–Crippen MR) is 50.5 cm³/mol. The Labute approximate surface area is 70.0 Å². The lowest BCUT2D eigenvalue weighted by atomic mass is 9.59. The van der Waals surface area contributed by atoms with Crippen molar-refractivity contribution < 1.29 is 0 Å². The molecule has 0 aromatic heterocycles. The maximum absolute atomic E-state index is 3.80. The van der Waals surface area contributed by atoms with Crippen LogP contribution in [0.1, 0.15) is 32.6 Å². The summed E-state index contributed by atoms with van der Waals surface area (Å²) in [7, 11) is 0. The van der Waals surface area contributed by atoms with Gasteiger partial charge in [-0.1, -0.05) is 19.1 Å². The summed E-state index contributed by atoms with van der Waals surface area (Å²) in [5.41, 5.74) is 0.558. The monoisotopic (exact) mass is 150 g/mol. The lowest BCUT2D eigenvalue weighted by Crippen LogP contribution is -2.34. The van der Waals surface area contributed by atoms with Crippen LogP contribution in [0, 0.1) is 11.3 Å². The maximum atomic E-state index is 3.80. The minimum Gasteiger partial charge on any atom is -0.103 e. The number of allylic oxidation sites excluding steroid dienone is 2. The van der Waals surface area contributed by atoms with Crippen molar-refractivity contribution in [3.63, 3.8) is 0 Å². The molecule has 0 heterocycles. The highest BCUT2D eigenvalue weighted by molar-refractivity contribution is 4.99. The molecule has 1 aliphatic rings. The van der Waals surface area contributed by atoms with Crippen molar-refractivity contribution in [2.75, 3.05) is 0 Å². The zero-order chi connectivity index (χ0) is 8.32. The first-order valence-electron chi connectivity index (χ1n) is 4.44. The molecule has 1 rings (SSSR count). The highest BCUT2D eigenvalue weighted by Gasteiger charge is 2.39. The number of rotatable bonds is 4. The molecule has 0 amide bonds. The quantitative estimate of drug-likeness (QED) is 0.537. The second-order valence-electron chi connectivity index (χ2n) is 4.00. The summed E-state index contributed by atoms with van der Waals surface area (Å²) in [5.74, 6) is 0.926. The lowest BCUT2D eigenvalue weighted by molar-refractivity contribution is 0.0728. The SMILES string of the molecule is C=CCC1(CC=C)CC(C)C1. The molecule has 62 valence electrons. The van der Waals surface area contributed by atoms with E-state index in [0.717, 1.165) is 5.92 Å². The van der Waals surface area contributed by atoms with Crippen LogP contribution in [0.2, 0.25) is 0 Å². The fourth-order valence-corrected chi connectivity index (χ4v) is 2.45. The molecule has 0 bridgehead atoms. The van der Waals surface area contributed by atoms with Crippen LogP contribution in [0.3, 0.4) is 0 Å². The molecule has 0 saturated heterocycles. The van der Waals surface area contributed by atoms with Gasteiger partial charge in [-0.25, -0.2) is 0 Å². The van der Waals surface area contributed by atoms with Gasteiger partial charge in [0.05, 0.1) is 0 Å². The van der Waals surface area contributed by atoms with Gasteiger partial charge >= 0.3 is 0 Å². The minimum atomic E-state index is 0.558. The molecule has 0 aromatic rings. The smallest absolute Gasteiger partial charge is 0.0224 e. The van der Waals surface area contributed by atoms with Gasteiger partial charge in [0.1, 0.15) is 0 Å². The Morgan fingerprint density at radius 2 is 1.73 bits per heavy atom. The van der Waals surface area contributed by atoms with E-state index < -0.39 is 0 Å². The van der Waals surface area contributed by atoms with Crippen LogP contribution in [0.25, 0.3) is 0 Å². The average Bonchev–Trinajstić information content (AvgIpc) is 1.86. The first-order valence-corrected chi connectivity index (χ1v) is 4.44. The van der Waals surface area contributed by atoms with Gasteiger partial charge in [-0.3, -0.25) is 0 Å². The van der Waals surface area contributed by atoms with E-state index in [1.54, 1.807) is 0 Å². The molecule has 0 N–H and O–H groups in total. The van der Waals surface area contributed by atoms with Crippen molar-refractivity contribution >= 4 is 0 Å². The summed E-state index contributed by atoms with van der Waals surface area (Å²) < 4.78 is 0. The molecule has 0 spiro atoms. The van der Waals surface area contributed by atoms with E-state index in [1.165, 1.54) is 25.7 Å². The third-order valence-corrected chi connectivity index (χ3v) is 2.72. The summed E-state index contributed by atoms with van der Waals surface area (Å²) in [6.45, 7) is 9.92. The first kappa shape index (κ1) is 8.58. The summed E-state index contributed by atoms with van der Waals surface area (Å²) >= 11 is 0. The molecular weight excluding hydrogens is 132 g/mol. The van der Waals surface area contributed by atoms with E-state index >= 15 is 0 Å². The Hall–Kier alpha value is -0.520. The van der Waals surface area contributed by atoms with Gasteiger partial charge in [0, 0.05) is 0 Å². The normalized spacial score (nSPS) is 22.3. The van der Waals surface area contributed by atoms with Crippen LogP contribution in [0.15, 0.2) is 25.3 Å². The van der Waals surface area contributed by atoms with Crippen LogP contribution < -0.4 is 0 Å². The molecule has 0 unspecified atom stereocenters. The topological polar surface area (TPSA) is 0 Å². The Kier molecular flexibility index (Phi) is 2.53. The Balaban J connectivity index is 2.45. The van der Waals surface area contributed by atoms with Crippen molar-refractivity contribution in [2.45, 2.75) is 32.6 Å². The van der Waals surface area contributed by atoms with E-state index in [-0.39, 0.29) is 0 Å². The second-order valence-corrected chi connectivity index (χ2v) is 4.00. The fraction of sp³-hybridized carbons (Fsp3) is 0.636. The van der Waals surface area contributed by atoms with Gasteiger partial charge in [0.15, 0.2) is 0 Å². The van der Waals surface area contributed by atoms with Crippen LogP contribution in [0.5, 0.6) is 0 Å². The van der Waals surface area contributed by atoms with Crippen molar-refractivity contribution in [1.29, 1.82) is 0 Å². The fourth-order valence-electron chi connectivity index (χ4n) is 2.45. The maximum Gasteiger partial charge on any atom is -0.0224 e. The van der Waals surface area contributed by atoms with E-state index in [2.05, 4.69) is 32.2 Å². The third kappa shape index (κ3) is 1.74. The molecule has 1 saturated carbocycles. The molecule has 11 heavy (non-hydrogen) atoms. The molecule has 0 heteroatoms. The lowest BCUT2D eigenvalue weighted by Gasteiger charge is -2.46. The van der Waals surface area contributed by atoms with Gasteiger partial charge in [-0.05, 0) is 37.0 Å². The molecule has 1 fully saturated rings. The highest BCUT2D eigenvalue weighted by Crippen LogP contribution is 2.50. The van der Waals surface area contributed by atoms with E-state index in [9.17, 15) is 0 Å². The summed E-state index contributed by atoms with van der Waals surface area (Å²) in [4.78, 5) is 0. The van der Waals surface area contributed by atoms with Crippen LogP contribution >= 0.6 is 0 Å². The predicted octanol–water partition coefficient (Wildman–Crippen LogP) is 3.55. The standard InChI is InChI=1S/C11H18/c1-4-6-11(7-5-2)8-10(3)9-11/h4-5,10H,1-2,6-9H2,3H3. The minimum absolute atomic E-state index is 0.558. The van der Waals surface area contributed by atoms with Crippen LogP contribution in [0.4, 0.5) is 0 Å². The number of hydrogen-bond donors (Lipinski definition) is 0. The summed E-state index contributed by atoms with van der Waals surface area (Å²) in [5, 5.41) is 0. The molecule has 1 aliphatic carbocycles. The second kappa shape index (κ2) is 3.25. The Bertz CT molecular complexity index is 137. The van der Waals surface area contributed by atoms with Crippen LogP contribution in [-0.2, 0) is 0 Å². The molecule has 0 aliphatic heterocycles. The zero-order valence-corrected chi connectivity index (χ0v) is 7.47. The summed E-state index contributed by atoms with van der Waals surface area (Å²) in [6, 6.07) is 0. The van der Waals surface area contributed by atoms with Crippen molar-refractivity contribution in [3.8, 4) is 0 Å². The molecule has 0 nitrogen and oxygen atoms in total. The third-order valence-electron chi connectivity index (χ3n) is 2.72. The van der Waals surface area contributed by atoms with Gasteiger partial charge in [0.25, 0.3) is 0 Å². The molecule has 0 radical (unpaired) electrons. The Morgan fingerprint density at radius 1 is 1.27 bits per heavy atom. The molecular formula is C11H18. The van der Waals surface area contributed by atoms with E-state index in [0.29, 0.717) is 5.41 Å². The van der Waals surface area contributed by atoms with Gasteiger partial charge < -0.3 is 0 Å². The molecule has 0 atom stereocenters. The van der Waals surface area contributed by atoms with Gasteiger partial charge in [-0.15, -0.1) is 13.2 Å². The highest BCUT2D eigenvalue weighted by atomic mass is 14.4. The van der Waals surface area contributed by atoms with E-state index in [1.807, 2.05) is 0 Å². The van der Waals surface area contributed by atoms with Crippen molar-refractivity contribution in [1.82, 2.24) is 0 Å². The zero-order valence-electron chi connectivity index (χ0n) is 7.47. The van der Waals surface area contributed by atoms with E-state index in [4.69, 9.17) is 0 Å². The van der Waals surface area contributed by atoms with Crippen molar-refractivity contribution in [3.05, 3.63) is 25.3 Å². The first-order chi connectivity index (χ1) is 5.22.